The van der Waals surface area contributed by atoms with E-state index < -0.39 is 53.5 Å². The minimum Gasteiger partial charge on any atom is -0.457 e. The van der Waals surface area contributed by atoms with E-state index >= 15 is 4.79 Å². The lowest BCUT2D eigenvalue weighted by Crippen LogP contribution is -2.56. The van der Waals surface area contributed by atoms with Gasteiger partial charge in [-0.3, -0.25) is 14.4 Å². The maximum absolute atomic E-state index is 15.4. The van der Waals surface area contributed by atoms with E-state index in [1.54, 1.807) is 0 Å². The highest BCUT2D eigenvalue weighted by Crippen LogP contribution is 2.58. The summed E-state index contributed by atoms with van der Waals surface area (Å²) in [6, 6.07) is 54.8. The summed E-state index contributed by atoms with van der Waals surface area (Å²) < 4.78 is 11.3. The molecule has 3 aliphatic carbocycles. The van der Waals surface area contributed by atoms with Crippen molar-refractivity contribution in [3.8, 4) is 0 Å². The number of ether oxygens (including phenoxy) is 2. The SMILES string of the molecule is O=C(OCc1ccccc1)c1cc(NC(=O)[C@H](Cc2ccccc2)NC(=O)[C@@H]2C3c4ccccc4C(c4ccccc43)[C@@H]2C(=O)NCCc2c[nH]c3ccccc23)cc(C(=O)OCc2ccccc2)c1. The van der Waals surface area contributed by atoms with Crippen molar-refractivity contribution in [2.75, 3.05) is 11.9 Å². The van der Waals surface area contributed by atoms with E-state index in [-0.39, 0.29) is 42.4 Å². The number of carbonyl (C=O) groups is 5. The normalized spacial score (nSPS) is 16.8. The number of carbonyl (C=O) groups excluding carboxylic acids is 5. The van der Waals surface area contributed by atoms with Crippen LogP contribution in [0.4, 0.5) is 5.69 Å². The summed E-state index contributed by atoms with van der Waals surface area (Å²) in [6.07, 6.45) is 2.64. The van der Waals surface area contributed by atoms with Crippen molar-refractivity contribution < 1.29 is 33.4 Å². The predicted molar refractivity (Wildman–Crippen MR) is 267 cm³/mol. The Morgan fingerprint density at radius 3 is 1.54 bits per heavy atom. The van der Waals surface area contributed by atoms with Gasteiger partial charge in [-0.1, -0.05) is 158 Å². The molecule has 0 saturated heterocycles. The van der Waals surface area contributed by atoms with Crippen LogP contribution in [0, 0.1) is 11.8 Å². The molecule has 70 heavy (non-hydrogen) atoms. The van der Waals surface area contributed by atoms with Gasteiger partial charge in [0, 0.05) is 47.6 Å². The summed E-state index contributed by atoms with van der Waals surface area (Å²) in [7, 11) is 0. The van der Waals surface area contributed by atoms with Crippen LogP contribution in [0.2, 0.25) is 0 Å². The van der Waals surface area contributed by atoms with E-state index in [4.69, 9.17) is 9.47 Å². The molecule has 3 aliphatic rings. The molecule has 0 saturated carbocycles. The molecule has 0 unspecified atom stereocenters. The Kier molecular flexibility index (Phi) is 13.1. The molecular weight excluding hydrogens is 877 g/mol. The van der Waals surface area contributed by atoms with Crippen molar-refractivity contribution in [3.05, 3.63) is 244 Å². The maximum Gasteiger partial charge on any atom is 0.338 e. The Labute approximate surface area is 405 Å². The molecule has 8 aromatic rings. The molecule has 3 atom stereocenters. The second-order valence-electron chi connectivity index (χ2n) is 17.8. The molecule has 0 radical (unpaired) electrons. The van der Waals surface area contributed by atoms with Gasteiger partial charge in [0.15, 0.2) is 0 Å². The third-order valence-electron chi connectivity index (χ3n) is 13.4. The second kappa shape index (κ2) is 20.3. The first-order chi connectivity index (χ1) is 34.3. The zero-order valence-corrected chi connectivity index (χ0v) is 38.2. The van der Waals surface area contributed by atoms with Crippen LogP contribution in [0.1, 0.15) is 77.1 Å². The van der Waals surface area contributed by atoms with Crippen LogP contribution in [-0.2, 0) is 49.9 Å². The number of rotatable bonds is 16. The first-order valence-electron chi connectivity index (χ1n) is 23.5. The van der Waals surface area contributed by atoms with Crippen molar-refractivity contribution in [3.63, 3.8) is 0 Å². The fraction of sp³-hybridized carbons (Fsp3) is 0.169. The Bertz CT molecular complexity index is 3090. The zero-order chi connectivity index (χ0) is 48.0. The molecule has 0 fully saturated rings. The number of fused-ring (bicyclic) bond motifs is 2. The summed E-state index contributed by atoms with van der Waals surface area (Å²) in [5.41, 5.74) is 8.50. The van der Waals surface area contributed by atoms with Crippen molar-refractivity contribution in [1.29, 1.82) is 0 Å². The third kappa shape index (κ3) is 9.59. The average molecular weight is 927 g/mol. The third-order valence-corrected chi connectivity index (χ3v) is 13.4. The highest BCUT2D eigenvalue weighted by molar-refractivity contribution is 6.02. The van der Waals surface area contributed by atoms with Gasteiger partial charge >= 0.3 is 11.9 Å². The van der Waals surface area contributed by atoms with Gasteiger partial charge in [-0.25, -0.2) is 9.59 Å². The lowest BCUT2D eigenvalue weighted by Gasteiger charge is -2.49. The quantitative estimate of drug-likeness (QED) is 0.0704. The summed E-state index contributed by atoms with van der Waals surface area (Å²) in [5, 5.41) is 10.3. The number of amides is 3. The van der Waals surface area contributed by atoms with Crippen molar-refractivity contribution in [2.45, 2.75) is 43.9 Å². The van der Waals surface area contributed by atoms with E-state index in [9.17, 15) is 19.2 Å². The molecule has 7 aromatic carbocycles. The number of aromatic amines is 1. The molecule has 348 valence electrons. The number of anilines is 1. The Morgan fingerprint density at radius 1 is 0.529 bits per heavy atom. The van der Waals surface area contributed by atoms with E-state index in [0.29, 0.717) is 13.0 Å². The van der Waals surface area contributed by atoms with Gasteiger partial charge in [0.05, 0.1) is 23.0 Å². The molecule has 0 aliphatic heterocycles. The second-order valence-corrected chi connectivity index (χ2v) is 17.8. The van der Waals surface area contributed by atoms with Crippen LogP contribution < -0.4 is 16.0 Å². The van der Waals surface area contributed by atoms with E-state index in [2.05, 4.69) is 27.0 Å². The van der Waals surface area contributed by atoms with Crippen molar-refractivity contribution in [2.24, 2.45) is 11.8 Å². The van der Waals surface area contributed by atoms with Crippen LogP contribution >= 0.6 is 0 Å². The molecule has 1 aromatic heterocycles. The first kappa shape index (κ1) is 45.2. The van der Waals surface area contributed by atoms with Gasteiger partial charge < -0.3 is 30.4 Å². The molecule has 11 rings (SSSR count). The van der Waals surface area contributed by atoms with Gasteiger partial charge in [-0.2, -0.15) is 0 Å². The highest BCUT2D eigenvalue weighted by Gasteiger charge is 2.55. The average Bonchev–Trinajstić information content (AvgIpc) is 3.82. The molecule has 11 nitrogen and oxygen atoms in total. The van der Waals surface area contributed by atoms with Gasteiger partial charge in [0.2, 0.25) is 17.7 Å². The first-order valence-corrected chi connectivity index (χ1v) is 23.5. The summed E-state index contributed by atoms with van der Waals surface area (Å²) in [4.78, 5) is 75.6. The molecule has 4 N–H and O–H groups in total. The Balaban J connectivity index is 0.953. The Morgan fingerprint density at radius 2 is 1.00 bits per heavy atom. The number of esters is 2. The van der Waals surface area contributed by atoms with E-state index in [0.717, 1.165) is 55.4 Å². The lowest BCUT2D eigenvalue weighted by molar-refractivity contribution is -0.138. The Hall–Kier alpha value is -8.57. The van der Waals surface area contributed by atoms with Crippen molar-refractivity contribution in [1.82, 2.24) is 15.6 Å². The van der Waals surface area contributed by atoms with Crippen LogP contribution in [0.3, 0.4) is 0 Å². The van der Waals surface area contributed by atoms with E-state index in [1.165, 1.54) is 18.2 Å². The largest absolute Gasteiger partial charge is 0.457 e. The minimum absolute atomic E-state index is 0.0122. The number of benzene rings is 7. The summed E-state index contributed by atoms with van der Waals surface area (Å²) >= 11 is 0. The highest BCUT2D eigenvalue weighted by atomic mass is 16.5. The summed E-state index contributed by atoms with van der Waals surface area (Å²) in [5.74, 6) is -5.32. The topological polar surface area (TPSA) is 156 Å². The number of para-hydroxylation sites is 1. The standard InChI is InChI=1S/C59H50N4O7/c64-55(62-43-32-41(58(67)69-35-38-18-6-2-7-19-38)31-42(33-43)59(68)70-36-39-20-8-3-9-21-39)50(30-37-16-4-1-5-17-37)63-57(66)54-52-47-25-12-10-23-45(47)51(46-24-11-13-26-48(46)52)53(54)56(65)60-29-28-40-34-61-49-27-15-14-22-44(40)49/h1-27,31-34,50-54,61H,28-30,35-36H2,(H,60,65)(H,62,64)(H,63,66)/t50-,51?,52?,53-,54+/m0/s1. The van der Waals surface area contributed by atoms with Crippen LogP contribution in [0.15, 0.2) is 188 Å². The van der Waals surface area contributed by atoms with Crippen LogP contribution in [0.25, 0.3) is 10.9 Å². The molecule has 11 heteroatoms. The molecule has 3 amide bonds. The number of hydrogen-bond donors (Lipinski definition) is 4. The smallest absolute Gasteiger partial charge is 0.338 e. The number of hydrogen-bond acceptors (Lipinski definition) is 7. The minimum atomic E-state index is -1.16. The van der Waals surface area contributed by atoms with Crippen LogP contribution in [-0.4, -0.2) is 47.2 Å². The molecule has 2 bridgehead atoms. The fourth-order valence-corrected chi connectivity index (χ4v) is 10.2. The molecule has 0 spiro atoms. The monoisotopic (exact) mass is 926 g/mol. The predicted octanol–water partition coefficient (Wildman–Crippen LogP) is 9.43. The van der Waals surface area contributed by atoms with Crippen LogP contribution in [0.5, 0.6) is 0 Å². The zero-order valence-electron chi connectivity index (χ0n) is 38.2. The van der Waals surface area contributed by atoms with Gasteiger partial charge in [0.1, 0.15) is 19.3 Å². The number of H-pyrrole nitrogens is 1. The fourth-order valence-electron chi connectivity index (χ4n) is 10.2. The molecular formula is C59H50N4O7. The van der Waals surface area contributed by atoms with Gasteiger partial charge in [-0.15, -0.1) is 0 Å². The van der Waals surface area contributed by atoms with E-state index in [1.807, 2.05) is 164 Å². The number of nitrogens with one attached hydrogen (secondary N) is 4. The van der Waals surface area contributed by atoms with Gasteiger partial charge in [-0.05, 0) is 75.2 Å². The lowest BCUT2D eigenvalue weighted by atomic mass is 9.53. The molecule has 1 heterocycles. The maximum atomic E-state index is 15.4. The van der Waals surface area contributed by atoms with Crippen molar-refractivity contribution >= 4 is 46.3 Å². The number of aromatic nitrogens is 1. The summed E-state index contributed by atoms with van der Waals surface area (Å²) in [6.45, 7) is 0.318. The van der Waals surface area contributed by atoms with Gasteiger partial charge in [0.25, 0.3) is 0 Å².